The Hall–Kier alpha value is -3.27. The molecule has 1 fully saturated rings. The molecule has 128 valence electrons. The highest BCUT2D eigenvalue weighted by Crippen LogP contribution is 2.40. The third kappa shape index (κ3) is 3.70. The number of hydrazone groups is 1. The van der Waals surface area contributed by atoms with E-state index in [9.17, 15) is 4.79 Å². The zero-order chi connectivity index (χ0) is 17.8. The number of carbonyl (C=O) groups is 1. The number of benzene rings is 2. The maximum Gasteiger partial charge on any atom is 0.272 e. The zero-order valence-electron chi connectivity index (χ0n) is 14.3. The minimum atomic E-state index is -0.213. The number of hydrogen-bond acceptors (Lipinski definition) is 3. The average molecular weight is 341 g/mol. The van der Waals surface area contributed by atoms with Gasteiger partial charge in [0.1, 0.15) is 0 Å². The number of para-hydroxylation sites is 1. The van der Waals surface area contributed by atoms with Crippen LogP contribution in [0.25, 0.3) is 17.0 Å². The summed E-state index contributed by atoms with van der Waals surface area (Å²) < 4.78 is 0. The van der Waals surface area contributed by atoms with Crippen LogP contribution in [0.3, 0.4) is 0 Å². The number of nitrogens with zero attached hydrogens (tertiary/aromatic N) is 2. The fourth-order valence-electron chi connectivity index (χ4n) is 2.89. The van der Waals surface area contributed by atoms with Gasteiger partial charge in [0.25, 0.3) is 5.91 Å². The van der Waals surface area contributed by atoms with Gasteiger partial charge in [-0.3, -0.25) is 9.78 Å². The normalized spacial score (nSPS) is 14.3. The molecule has 0 bridgehead atoms. The summed E-state index contributed by atoms with van der Waals surface area (Å²) in [7, 11) is 0. The largest absolute Gasteiger partial charge is 0.272 e. The molecule has 4 rings (SSSR count). The summed E-state index contributed by atoms with van der Waals surface area (Å²) in [5.41, 5.74) is 6.18. The van der Waals surface area contributed by atoms with Gasteiger partial charge in [0.05, 0.1) is 11.1 Å². The van der Waals surface area contributed by atoms with Crippen molar-refractivity contribution in [2.45, 2.75) is 18.8 Å². The van der Waals surface area contributed by atoms with E-state index in [1.807, 2.05) is 66.7 Å². The Morgan fingerprint density at radius 1 is 1.08 bits per heavy atom. The second-order valence-corrected chi connectivity index (χ2v) is 6.38. The van der Waals surface area contributed by atoms with Crippen LogP contribution in [0.5, 0.6) is 0 Å². The van der Waals surface area contributed by atoms with Crippen LogP contribution in [0.2, 0.25) is 0 Å². The molecule has 26 heavy (non-hydrogen) atoms. The molecule has 0 spiro atoms. The fourth-order valence-corrected chi connectivity index (χ4v) is 2.89. The van der Waals surface area contributed by atoms with Crippen molar-refractivity contribution in [3.05, 3.63) is 83.6 Å². The van der Waals surface area contributed by atoms with Crippen molar-refractivity contribution in [2.75, 3.05) is 0 Å². The van der Waals surface area contributed by atoms with Gasteiger partial charge in [-0.1, -0.05) is 54.6 Å². The molecular weight excluding hydrogens is 322 g/mol. The molecule has 1 aliphatic rings. The second-order valence-electron chi connectivity index (χ2n) is 6.38. The predicted molar refractivity (Wildman–Crippen MR) is 105 cm³/mol. The Balaban J connectivity index is 1.51. The molecule has 2 aromatic carbocycles. The average Bonchev–Trinajstić information content (AvgIpc) is 3.53. The van der Waals surface area contributed by atoms with E-state index < -0.39 is 0 Å². The van der Waals surface area contributed by atoms with Gasteiger partial charge >= 0.3 is 0 Å². The van der Waals surface area contributed by atoms with E-state index in [1.54, 1.807) is 12.3 Å². The van der Waals surface area contributed by atoms with Crippen LogP contribution in [0, 0.1) is 0 Å². The van der Waals surface area contributed by atoms with Crippen molar-refractivity contribution in [2.24, 2.45) is 5.10 Å². The van der Waals surface area contributed by atoms with Crippen molar-refractivity contribution >= 4 is 29.1 Å². The second kappa shape index (κ2) is 7.31. The minimum absolute atomic E-state index is 0.213. The van der Waals surface area contributed by atoms with Gasteiger partial charge in [0.15, 0.2) is 0 Å². The summed E-state index contributed by atoms with van der Waals surface area (Å²) in [4.78, 5) is 17.3. The van der Waals surface area contributed by atoms with Gasteiger partial charge < -0.3 is 0 Å². The molecule has 3 aromatic rings. The number of carbonyl (C=O) groups excluding carboxylic acids is 1. The number of nitrogens with one attached hydrogen (secondary N) is 1. The van der Waals surface area contributed by atoms with Crippen LogP contribution < -0.4 is 5.43 Å². The molecule has 0 radical (unpaired) electrons. The molecule has 1 heterocycles. The highest BCUT2D eigenvalue weighted by atomic mass is 16.2. The first-order valence-electron chi connectivity index (χ1n) is 8.76. The maximum atomic E-state index is 12.6. The van der Waals surface area contributed by atoms with Crippen LogP contribution in [-0.4, -0.2) is 17.1 Å². The number of hydrogen-bond donors (Lipinski definition) is 1. The van der Waals surface area contributed by atoms with Crippen LogP contribution in [0.4, 0.5) is 0 Å². The number of allylic oxidation sites excluding steroid dienone is 1. The van der Waals surface area contributed by atoms with E-state index in [1.165, 1.54) is 0 Å². The Labute approximate surface area is 152 Å². The summed E-state index contributed by atoms with van der Waals surface area (Å²) >= 11 is 0. The summed E-state index contributed by atoms with van der Waals surface area (Å²) in [6, 6.07) is 19.6. The van der Waals surface area contributed by atoms with Crippen LogP contribution in [0.15, 0.2) is 71.8 Å². The standard InChI is InChI=1S/C22H19N3O/c26-22(25-23-14-6-9-16-7-2-1-3-8-16)19-15-21(17-12-13-17)24-20-11-5-4-10-18(19)20/h1-11,14-15,17H,12-13H2,(H,25,26)/b9-6+,23-14+. The van der Waals surface area contributed by atoms with Crippen LogP contribution in [-0.2, 0) is 0 Å². The monoisotopic (exact) mass is 341 g/mol. The van der Waals surface area contributed by atoms with Gasteiger partial charge in [-0.05, 0) is 36.6 Å². The van der Waals surface area contributed by atoms with Crippen molar-refractivity contribution in [3.63, 3.8) is 0 Å². The number of aromatic nitrogens is 1. The maximum absolute atomic E-state index is 12.6. The van der Waals surface area contributed by atoms with E-state index in [0.29, 0.717) is 11.5 Å². The fraction of sp³-hybridized carbons (Fsp3) is 0.136. The molecule has 0 aliphatic heterocycles. The highest BCUT2D eigenvalue weighted by Gasteiger charge is 2.26. The van der Waals surface area contributed by atoms with Gasteiger partial charge in [-0.15, -0.1) is 0 Å². The molecule has 0 unspecified atom stereocenters. The van der Waals surface area contributed by atoms with Crippen LogP contribution >= 0.6 is 0 Å². The predicted octanol–water partition coefficient (Wildman–Crippen LogP) is 4.54. The Morgan fingerprint density at radius 3 is 2.65 bits per heavy atom. The third-order valence-electron chi connectivity index (χ3n) is 4.39. The van der Waals surface area contributed by atoms with Gasteiger partial charge in [0.2, 0.25) is 0 Å². The Kier molecular flexibility index (Phi) is 4.56. The van der Waals surface area contributed by atoms with E-state index in [0.717, 1.165) is 35.0 Å². The van der Waals surface area contributed by atoms with Gasteiger partial charge in [-0.25, -0.2) is 5.43 Å². The molecule has 4 heteroatoms. The molecular formula is C22H19N3O. The molecule has 0 atom stereocenters. The Morgan fingerprint density at radius 2 is 1.85 bits per heavy atom. The molecule has 1 aromatic heterocycles. The highest BCUT2D eigenvalue weighted by molar-refractivity contribution is 6.06. The summed E-state index contributed by atoms with van der Waals surface area (Å²) in [6.07, 6.45) is 7.61. The molecule has 1 N–H and O–H groups in total. The van der Waals surface area contributed by atoms with Gasteiger partial charge in [-0.2, -0.15) is 5.10 Å². The summed E-state index contributed by atoms with van der Waals surface area (Å²) in [6.45, 7) is 0. The SMILES string of the molecule is O=C(N/N=C/C=C/c1ccccc1)c1cc(C2CC2)nc2ccccc12. The molecule has 0 saturated heterocycles. The lowest BCUT2D eigenvalue weighted by Gasteiger charge is -2.08. The number of pyridine rings is 1. The number of amides is 1. The Bertz CT molecular complexity index is 989. The van der Waals surface area contributed by atoms with Crippen LogP contribution in [0.1, 0.15) is 40.4 Å². The number of rotatable bonds is 5. The summed E-state index contributed by atoms with van der Waals surface area (Å²) in [5.74, 6) is 0.276. The van der Waals surface area contributed by atoms with Gasteiger partial charge in [0, 0.05) is 23.2 Å². The quantitative estimate of drug-likeness (QED) is 0.547. The first-order chi connectivity index (χ1) is 12.8. The molecule has 1 aliphatic carbocycles. The summed E-state index contributed by atoms with van der Waals surface area (Å²) in [5, 5.41) is 4.88. The first-order valence-corrected chi connectivity index (χ1v) is 8.76. The minimum Gasteiger partial charge on any atom is -0.267 e. The van der Waals surface area contributed by atoms with E-state index in [4.69, 9.17) is 4.98 Å². The van der Waals surface area contributed by atoms with E-state index >= 15 is 0 Å². The zero-order valence-corrected chi connectivity index (χ0v) is 14.3. The van der Waals surface area contributed by atoms with E-state index in [2.05, 4.69) is 10.5 Å². The molecule has 1 amide bonds. The molecule has 1 saturated carbocycles. The van der Waals surface area contributed by atoms with E-state index in [-0.39, 0.29) is 5.91 Å². The third-order valence-corrected chi connectivity index (χ3v) is 4.39. The smallest absolute Gasteiger partial charge is 0.267 e. The lowest BCUT2D eigenvalue weighted by molar-refractivity contribution is 0.0956. The van der Waals surface area contributed by atoms with Crippen molar-refractivity contribution in [1.82, 2.24) is 10.4 Å². The molecule has 4 nitrogen and oxygen atoms in total. The van der Waals surface area contributed by atoms with Crippen molar-refractivity contribution < 1.29 is 4.79 Å². The topological polar surface area (TPSA) is 54.4 Å². The van der Waals surface area contributed by atoms with Crippen molar-refractivity contribution in [1.29, 1.82) is 0 Å². The van der Waals surface area contributed by atoms with Crippen molar-refractivity contribution in [3.8, 4) is 0 Å². The lowest BCUT2D eigenvalue weighted by Crippen LogP contribution is -2.18. The first kappa shape index (κ1) is 16.2. The lowest BCUT2D eigenvalue weighted by atomic mass is 10.1. The number of fused-ring (bicyclic) bond motifs is 1.